The van der Waals surface area contributed by atoms with Crippen molar-refractivity contribution in [2.45, 2.75) is 18.6 Å². The fraction of sp³-hybridized carbons (Fsp3) is 0.444. The minimum Gasteiger partial charge on any atom is -0.498 e. The lowest BCUT2D eigenvalue weighted by atomic mass is 9.91. The Balaban J connectivity index is 1.88. The summed E-state index contributed by atoms with van der Waals surface area (Å²) in [5, 5.41) is 0. The lowest BCUT2D eigenvalue weighted by Crippen LogP contribution is -2.22. The summed E-state index contributed by atoms with van der Waals surface area (Å²) < 4.78 is 27.8. The molecule has 1 aromatic rings. The topological polar surface area (TPSA) is 46.2 Å². The average molecular weight is 318 g/mol. The van der Waals surface area contributed by atoms with Gasteiger partial charge in [0.2, 0.25) is 0 Å². The molecule has 0 radical (unpaired) electrons. The number of rotatable bonds is 5. The second-order valence-electron chi connectivity index (χ2n) is 5.61. The molecule has 5 heteroatoms. The molecule has 1 heterocycles. The highest BCUT2D eigenvalue weighted by molar-refractivity contribution is 5.40. The summed E-state index contributed by atoms with van der Waals surface area (Å²) in [5.41, 5.74) is 1.04. The standard InChI is InChI=1S/C18H22O5/c1-19-13-5-11(6-14(9-13)20-2)16-8-12-7-15(21-3)10-17(22-4)18(12)23-16/h5-7,9-10,12,16,18H,8H2,1-4H3. The van der Waals surface area contributed by atoms with E-state index in [9.17, 15) is 0 Å². The van der Waals surface area contributed by atoms with E-state index in [0.29, 0.717) is 0 Å². The van der Waals surface area contributed by atoms with Crippen LogP contribution in [0.2, 0.25) is 0 Å². The minimum atomic E-state index is -0.0823. The number of hydrogen-bond donors (Lipinski definition) is 0. The van der Waals surface area contributed by atoms with Gasteiger partial charge in [-0.3, -0.25) is 0 Å². The van der Waals surface area contributed by atoms with Crippen molar-refractivity contribution in [3.05, 3.63) is 47.4 Å². The highest BCUT2D eigenvalue weighted by Gasteiger charge is 2.40. The van der Waals surface area contributed by atoms with Gasteiger partial charge >= 0.3 is 0 Å². The van der Waals surface area contributed by atoms with E-state index in [1.807, 2.05) is 24.3 Å². The van der Waals surface area contributed by atoms with E-state index < -0.39 is 0 Å². The average Bonchev–Trinajstić information content (AvgIpc) is 3.04. The van der Waals surface area contributed by atoms with Crippen molar-refractivity contribution >= 4 is 0 Å². The lowest BCUT2D eigenvalue weighted by Gasteiger charge is -2.23. The second-order valence-corrected chi connectivity index (χ2v) is 5.61. The second kappa shape index (κ2) is 6.54. The van der Waals surface area contributed by atoms with Crippen LogP contribution in [0.1, 0.15) is 18.1 Å². The zero-order valence-corrected chi connectivity index (χ0v) is 13.9. The van der Waals surface area contributed by atoms with Gasteiger partial charge in [-0.2, -0.15) is 0 Å². The fourth-order valence-corrected chi connectivity index (χ4v) is 3.15. The molecule has 0 saturated carbocycles. The summed E-state index contributed by atoms with van der Waals surface area (Å²) in [6.45, 7) is 0. The van der Waals surface area contributed by atoms with Crippen LogP contribution in [-0.2, 0) is 14.2 Å². The summed E-state index contributed by atoms with van der Waals surface area (Å²) in [5.74, 6) is 3.36. The molecule has 0 aromatic heterocycles. The summed E-state index contributed by atoms with van der Waals surface area (Å²) in [7, 11) is 6.61. The maximum Gasteiger partial charge on any atom is 0.129 e. The van der Waals surface area contributed by atoms with Gasteiger partial charge in [-0.25, -0.2) is 0 Å². The quantitative estimate of drug-likeness (QED) is 0.834. The Labute approximate surface area is 136 Å². The van der Waals surface area contributed by atoms with Crippen LogP contribution >= 0.6 is 0 Å². The summed E-state index contributed by atoms with van der Waals surface area (Å²) in [4.78, 5) is 0. The Morgan fingerprint density at radius 2 is 1.61 bits per heavy atom. The van der Waals surface area contributed by atoms with Crippen molar-refractivity contribution in [2.24, 2.45) is 5.92 Å². The molecule has 5 nitrogen and oxygen atoms in total. The molecule has 0 bridgehead atoms. The SMILES string of the molecule is COC1=CC2CC(c3cc(OC)cc(OC)c3)OC2C(OC)=C1. The van der Waals surface area contributed by atoms with E-state index in [4.69, 9.17) is 23.7 Å². The van der Waals surface area contributed by atoms with Crippen molar-refractivity contribution in [1.29, 1.82) is 0 Å². The Morgan fingerprint density at radius 1 is 0.913 bits per heavy atom. The number of benzene rings is 1. The molecule has 1 aliphatic heterocycles. The number of allylic oxidation sites excluding steroid dienone is 1. The minimum absolute atomic E-state index is 0.0417. The zero-order chi connectivity index (χ0) is 16.4. The van der Waals surface area contributed by atoms with Crippen LogP contribution < -0.4 is 9.47 Å². The monoisotopic (exact) mass is 318 g/mol. The predicted molar refractivity (Wildman–Crippen MR) is 85.5 cm³/mol. The van der Waals surface area contributed by atoms with Crippen LogP contribution in [0.15, 0.2) is 41.9 Å². The molecule has 1 aromatic carbocycles. The van der Waals surface area contributed by atoms with Crippen molar-refractivity contribution in [1.82, 2.24) is 0 Å². The molecule has 3 unspecified atom stereocenters. The Morgan fingerprint density at radius 3 is 2.17 bits per heavy atom. The van der Waals surface area contributed by atoms with Crippen LogP contribution in [0, 0.1) is 5.92 Å². The molecule has 1 aliphatic carbocycles. The van der Waals surface area contributed by atoms with Gasteiger partial charge in [0.25, 0.3) is 0 Å². The van der Waals surface area contributed by atoms with Gasteiger partial charge in [-0.05, 0) is 30.2 Å². The van der Waals surface area contributed by atoms with Crippen molar-refractivity contribution in [3.63, 3.8) is 0 Å². The van der Waals surface area contributed by atoms with Crippen LogP contribution in [0.25, 0.3) is 0 Å². The summed E-state index contributed by atoms with van der Waals surface area (Å²) in [6, 6.07) is 5.83. The maximum atomic E-state index is 6.24. The molecular weight excluding hydrogens is 296 g/mol. The van der Waals surface area contributed by atoms with Crippen LogP contribution in [0.3, 0.4) is 0 Å². The van der Waals surface area contributed by atoms with Gasteiger partial charge in [-0.1, -0.05) is 0 Å². The first kappa shape index (κ1) is 15.7. The molecule has 0 amide bonds. The molecule has 124 valence electrons. The van der Waals surface area contributed by atoms with Gasteiger partial charge < -0.3 is 23.7 Å². The van der Waals surface area contributed by atoms with Crippen LogP contribution in [0.5, 0.6) is 11.5 Å². The molecule has 1 fully saturated rings. The normalized spacial score (nSPS) is 26.0. The largest absolute Gasteiger partial charge is 0.498 e. The first-order valence-electron chi connectivity index (χ1n) is 7.58. The van der Waals surface area contributed by atoms with E-state index in [0.717, 1.165) is 35.0 Å². The Hall–Kier alpha value is -2.14. The fourth-order valence-electron chi connectivity index (χ4n) is 3.15. The first-order chi connectivity index (χ1) is 11.2. The van der Waals surface area contributed by atoms with E-state index in [1.54, 1.807) is 28.4 Å². The van der Waals surface area contributed by atoms with Crippen LogP contribution in [-0.4, -0.2) is 34.5 Å². The molecule has 1 saturated heterocycles. The van der Waals surface area contributed by atoms with Crippen molar-refractivity contribution in [2.75, 3.05) is 28.4 Å². The zero-order valence-electron chi connectivity index (χ0n) is 13.9. The molecule has 3 atom stereocenters. The molecule has 0 N–H and O–H groups in total. The third-order valence-corrected chi connectivity index (χ3v) is 4.35. The molecule has 23 heavy (non-hydrogen) atoms. The predicted octanol–water partition coefficient (Wildman–Crippen LogP) is 3.22. The number of ether oxygens (including phenoxy) is 5. The lowest BCUT2D eigenvalue weighted by molar-refractivity contribution is 0.0251. The smallest absolute Gasteiger partial charge is 0.129 e. The van der Waals surface area contributed by atoms with E-state index in [2.05, 4.69) is 6.08 Å². The maximum absolute atomic E-state index is 6.24. The van der Waals surface area contributed by atoms with Crippen molar-refractivity contribution in [3.8, 4) is 11.5 Å². The summed E-state index contributed by atoms with van der Waals surface area (Å²) >= 11 is 0. The first-order valence-corrected chi connectivity index (χ1v) is 7.58. The highest BCUT2D eigenvalue weighted by atomic mass is 16.5. The molecular formula is C18H22O5. The van der Waals surface area contributed by atoms with Gasteiger partial charge in [0, 0.05) is 18.1 Å². The van der Waals surface area contributed by atoms with Gasteiger partial charge in [-0.15, -0.1) is 0 Å². The third kappa shape index (κ3) is 3.01. The highest BCUT2D eigenvalue weighted by Crippen LogP contribution is 2.44. The number of hydrogen-bond acceptors (Lipinski definition) is 5. The van der Waals surface area contributed by atoms with Gasteiger partial charge in [0.1, 0.15) is 29.1 Å². The van der Waals surface area contributed by atoms with E-state index in [-0.39, 0.29) is 18.1 Å². The Bertz CT molecular complexity index is 612. The number of methoxy groups -OCH3 is 4. The number of fused-ring (bicyclic) bond motifs is 1. The van der Waals surface area contributed by atoms with Gasteiger partial charge in [0.05, 0.1) is 34.5 Å². The van der Waals surface area contributed by atoms with Crippen molar-refractivity contribution < 1.29 is 23.7 Å². The van der Waals surface area contributed by atoms with Gasteiger partial charge in [0.15, 0.2) is 0 Å². The molecule has 2 aliphatic rings. The summed E-state index contributed by atoms with van der Waals surface area (Å²) in [6.07, 6.45) is 4.72. The molecule has 0 spiro atoms. The van der Waals surface area contributed by atoms with E-state index >= 15 is 0 Å². The van der Waals surface area contributed by atoms with Crippen LogP contribution in [0.4, 0.5) is 0 Å². The third-order valence-electron chi connectivity index (χ3n) is 4.35. The molecule has 3 rings (SSSR count). The van der Waals surface area contributed by atoms with E-state index in [1.165, 1.54) is 0 Å². The Kier molecular flexibility index (Phi) is 4.48.